The highest BCUT2D eigenvalue weighted by atomic mass is 16.2. The van der Waals surface area contributed by atoms with E-state index in [1.807, 2.05) is 55.6 Å². The van der Waals surface area contributed by atoms with E-state index in [0.29, 0.717) is 12.2 Å². The van der Waals surface area contributed by atoms with Crippen LogP contribution in [0.2, 0.25) is 0 Å². The molecule has 0 aliphatic carbocycles. The molecule has 6 heteroatoms. The average Bonchev–Trinajstić information content (AvgIpc) is 3.18. The smallest absolute Gasteiger partial charge is 0.313 e. The second-order valence-corrected chi connectivity index (χ2v) is 7.41. The molecule has 1 aliphatic rings. The SMILES string of the molecule is Cc1cccc(NC(=O)C(=O)NC[C@H](c2cccnc2)N2CCc3ccccc32)c1. The lowest BCUT2D eigenvalue weighted by Crippen LogP contribution is -2.41. The number of nitrogens with one attached hydrogen (secondary N) is 2. The second-order valence-electron chi connectivity index (χ2n) is 7.41. The Morgan fingerprint density at radius 1 is 1.07 bits per heavy atom. The molecule has 4 rings (SSSR count). The number of carbonyl (C=O) groups excluding carboxylic acids is 2. The van der Waals surface area contributed by atoms with E-state index in [1.54, 1.807) is 12.3 Å². The third-order valence-electron chi connectivity index (χ3n) is 5.31. The van der Waals surface area contributed by atoms with Crippen molar-refractivity contribution in [2.75, 3.05) is 23.3 Å². The van der Waals surface area contributed by atoms with Gasteiger partial charge in [-0.25, -0.2) is 0 Å². The summed E-state index contributed by atoms with van der Waals surface area (Å²) in [5, 5.41) is 5.46. The highest BCUT2D eigenvalue weighted by Gasteiger charge is 2.28. The predicted octanol–water partition coefficient (Wildman–Crippen LogP) is 3.25. The van der Waals surface area contributed by atoms with Crippen LogP contribution in [0.3, 0.4) is 0 Å². The number of fused-ring (bicyclic) bond motifs is 1. The third kappa shape index (κ3) is 4.33. The summed E-state index contributed by atoms with van der Waals surface area (Å²) in [5.41, 5.74) is 5.05. The number of hydrogen-bond donors (Lipinski definition) is 2. The van der Waals surface area contributed by atoms with Crippen LogP contribution in [0.4, 0.5) is 11.4 Å². The Bertz CT molecular complexity index is 1050. The molecule has 2 N–H and O–H groups in total. The Kier molecular flexibility index (Phi) is 5.75. The summed E-state index contributed by atoms with van der Waals surface area (Å²) in [6.07, 6.45) is 4.49. The van der Waals surface area contributed by atoms with Gasteiger partial charge in [-0.3, -0.25) is 14.6 Å². The minimum atomic E-state index is -0.674. The number of anilines is 2. The fourth-order valence-corrected chi connectivity index (χ4v) is 3.85. The van der Waals surface area contributed by atoms with Gasteiger partial charge < -0.3 is 15.5 Å². The van der Waals surface area contributed by atoms with Crippen LogP contribution in [0, 0.1) is 6.92 Å². The molecule has 30 heavy (non-hydrogen) atoms. The Morgan fingerprint density at radius 2 is 1.93 bits per heavy atom. The van der Waals surface area contributed by atoms with E-state index in [4.69, 9.17) is 0 Å². The van der Waals surface area contributed by atoms with E-state index in [9.17, 15) is 9.59 Å². The summed E-state index contributed by atoms with van der Waals surface area (Å²) >= 11 is 0. The van der Waals surface area contributed by atoms with Gasteiger partial charge in [-0.15, -0.1) is 0 Å². The van der Waals surface area contributed by atoms with Crippen LogP contribution in [-0.4, -0.2) is 29.9 Å². The standard InChI is InChI=1S/C24H24N4O2/c1-17-6-4-9-20(14-17)27-24(30)23(29)26-16-22(19-8-5-12-25-15-19)28-13-11-18-7-2-3-10-21(18)28/h2-10,12,14-15,22H,11,13,16H2,1H3,(H,26,29)(H,27,30)/t22-/m1/s1. The molecular formula is C24H24N4O2. The zero-order valence-corrected chi connectivity index (χ0v) is 16.8. The first-order valence-corrected chi connectivity index (χ1v) is 10.0. The average molecular weight is 400 g/mol. The second kappa shape index (κ2) is 8.78. The number of carbonyl (C=O) groups is 2. The summed E-state index contributed by atoms with van der Waals surface area (Å²) in [6.45, 7) is 3.09. The first-order chi connectivity index (χ1) is 14.6. The lowest BCUT2D eigenvalue weighted by molar-refractivity contribution is -0.136. The maximum Gasteiger partial charge on any atom is 0.313 e. The van der Waals surface area contributed by atoms with E-state index in [0.717, 1.165) is 29.8 Å². The van der Waals surface area contributed by atoms with Crippen LogP contribution < -0.4 is 15.5 Å². The summed E-state index contributed by atoms with van der Waals surface area (Å²) in [7, 11) is 0. The number of nitrogens with zero attached hydrogens (tertiary/aromatic N) is 2. The summed E-state index contributed by atoms with van der Waals surface area (Å²) in [4.78, 5) is 31.3. The zero-order chi connectivity index (χ0) is 20.9. The third-order valence-corrected chi connectivity index (χ3v) is 5.31. The van der Waals surface area contributed by atoms with E-state index in [2.05, 4.69) is 32.7 Å². The van der Waals surface area contributed by atoms with Crippen molar-refractivity contribution in [3.8, 4) is 0 Å². The molecule has 0 radical (unpaired) electrons. The molecular weight excluding hydrogens is 376 g/mol. The number of aromatic nitrogens is 1. The van der Waals surface area contributed by atoms with Gasteiger partial charge in [0.1, 0.15) is 0 Å². The molecule has 6 nitrogen and oxygen atoms in total. The molecule has 0 saturated carbocycles. The van der Waals surface area contributed by atoms with Crippen LogP contribution in [-0.2, 0) is 16.0 Å². The van der Waals surface area contributed by atoms with Crippen LogP contribution in [0.1, 0.15) is 22.7 Å². The van der Waals surface area contributed by atoms with Crippen molar-refractivity contribution in [3.63, 3.8) is 0 Å². The van der Waals surface area contributed by atoms with Crippen LogP contribution in [0.5, 0.6) is 0 Å². The molecule has 0 spiro atoms. The van der Waals surface area contributed by atoms with E-state index in [-0.39, 0.29) is 6.04 Å². The monoisotopic (exact) mass is 400 g/mol. The summed E-state index contributed by atoms with van der Waals surface area (Å²) in [6, 6.07) is 19.4. The predicted molar refractivity (Wildman–Crippen MR) is 117 cm³/mol. The maximum absolute atomic E-state index is 12.5. The Hall–Kier alpha value is -3.67. The van der Waals surface area contributed by atoms with Gasteiger partial charge in [-0.1, -0.05) is 36.4 Å². The summed E-state index contributed by atoms with van der Waals surface area (Å²) in [5.74, 6) is -1.33. The summed E-state index contributed by atoms with van der Waals surface area (Å²) < 4.78 is 0. The number of amides is 2. The van der Waals surface area contributed by atoms with Crippen molar-refractivity contribution in [2.45, 2.75) is 19.4 Å². The zero-order valence-electron chi connectivity index (χ0n) is 16.8. The van der Waals surface area contributed by atoms with Crippen molar-refractivity contribution in [1.29, 1.82) is 0 Å². The van der Waals surface area contributed by atoms with Crippen molar-refractivity contribution in [1.82, 2.24) is 10.3 Å². The molecule has 1 aromatic heterocycles. The van der Waals surface area contributed by atoms with Crippen molar-refractivity contribution in [3.05, 3.63) is 89.7 Å². The molecule has 1 aliphatic heterocycles. The molecule has 2 aromatic carbocycles. The van der Waals surface area contributed by atoms with Gasteiger partial charge in [-0.2, -0.15) is 0 Å². The minimum absolute atomic E-state index is 0.113. The molecule has 0 bridgehead atoms. The quantitative estimate of drug-likeness (QED) is 0.645. The molecule has 2 heterocycles. The molecule has 0 fully saturated rings. The van der Waals surface area contributed by atoms with Gasteiger partial charge >= 0.3 is 11.8 Å². The van der Waals surface area contributed by atoms with Crippen molar-refractivity contribution >= 4 is 23.2 Å². The Labute approximate surface area is 175 Å². The lowest BCUT2D eigenvalue weighted by Gasteiger charge is -2.30. The normalized spacial score (nSPS) is 13.4. The molecule has 2 amide bonds. The highest BCUT2D eigenvalue weighted by Crippen LogP contribution is 2.34. The molecule has 1 atom stereocenters. The first kappa shape index (κ1) is 19.6. The van der Waals surface area contributed by atoms with Gasteiger partial charge in [0.15, 0.2) is 0 Å². The van der Waals surface area contributed by atoms with Gasteiger partial charge in [0.25, 0.3) is 0 Å². The molecule has 0 unspecified atom stereocenters. The number of hydrogen-bond acceptors (Lipinski definition) is 4. The molecule has 152 valence electrons. The first-order valence-electron chi connectivity index (χ1n) is 10.0. The van der Waals surface area contributed by atoms with Crippen LogP contribution >= 0.6 is 0 Å². The van der Waals surface area contributed by atoms with E-state index >= 15 is 0 Å². The highest BCUT2D eigenvalue weighted by molar-refractivity contribution is 6.39. The van der Waals surface area contributed by atoms with Crippen LogP contribution in [0.15, 0.2) is 73.1 Å². The molecule has 0 saturated heterocycles. The van der Waals surface area contributed by atoms with Gasteiger partial charge in [0, 0.05) is 36.9 Å². The number of benzene rings is 2. The van der Waals surface area contributed by atoms with Gasteiger partial charge in [0.05, 0.1) is 6.04 Å². The minimum Gasteiger partial charge on any atom is -0.362 e. The lowest BCUT2D eigenvalue weighted by atomic mass is 10.1. The Balaban J connectivity index is 1.48. The van der Waals surface area contributed by atoms with E-state index in [1.165, 1.54) is 5.56 Å². The largest absolute Gasteiger partial charge is 0.362 e. The molecule has 3 aromatic rings. The fraction of sp³-hybridized carbons (Fsp3) is 0.208. The number of para-hydroxylation sites is 1. The number of rotatable bonds is 5. The fourth-order valence-electron chi connectivity index (χ4n) is 3.85. The number of pyridine rings is 1. The Morgan fingerprint density at radius 3 is 2.73 bits per heavy atom. The van der Waals surface area contributed by atoms with Gasteiger partial charge in [-0.05, 0) is 54.3 Å². The number of aryl methyl sites for hydroxylation is 1. The van der Waals surface area contributed by atoms with Crippen molar-refractivity contribution in [2.24, 2.45) is 0 Å². The van der Waals surface area contributed by atoms with Crippen LogP contribution in [0.25, 0.3) is 0 Å². The maximum atomic E-state index is 12.5. The van der Waals surface area contributed by atoms with Crippen molar-refractivity contribution < 1.29 is 9.59 Å². The van der Waals surface area contributed by atoms with E-state index < -0.39 is 11.8 Å². The van der Waals surface area contributed by atoms with Gasteiger partial charge in [0.2, 0.25) is 0 Å². The topological polar surface area (TPSA) is 74.3 Å².